The van der Waals surface area contributed by atoms with Crippen LogP contribution in [0.1, 0.15) is 42.1 Å². The van der Waals surface area contributed by atoms with E-state index in [9.17, 15) is 24.2 Å². The molecule has 0 bridgehead atoms. The number of aryl methyl sites for hydroxylation is 2. The lowest BCUT2D eigenvalue weighted by Crippen LogP contribution is -2.36. The smallest absolute Gasteiger partial charge is 0.320 e. The Morgan fingerprint density at radius 1 is 1.25 bits per heavy atom. The molecular formula is C23H27FN4O4. The molecule has 1 aromatic heterocycles. The number of fused-ring (bicyclic) bond motifs is 1. The zero-order valence-electron chi connectivity index (χ0n) is 17.8. The summed E-state index contributed by atoms with van der Waals surface area (Å²) in [6.45, 7) is 2.31. The van der Waals surface area contributed by atoms with E-state index in [2.05, 4.69) is 16.4 Å². The lowest BCUT2D eigenvalue weighted by molar-refractivity contribution is -0.138. The Labute approximate surface area is 185 Å². The number of aromatic nitrogens is 1. The van der Waals surface area contributed by atoms with Gasteiger partial charge in [0.25, 0.3) is 0 Å². The van der Waals surface area contributed by atoms with E-state index in [0.717, 1.165) is 49.8 Å². The predicted octanol–water partition coefficient (Wildman–Crippen LogP) is 3.17. The van der Waals surface area contributed by atoms with E-state index in [0.29, 0.717) is 25.2 Å². The number of phenols is 1. The number of rotatable bonds is 8. The average molecular weight is 442 g/mol. The zero-order valence-corrected chi connectivity index (χ0v) is 17.8. The van der Waals surface area contributed by atoms with E-state index in [4.69, 9.17) is 0 Å². The number of aromatic hydroxyl groups is 1. The number of phenolic OH excluding ortho intramolecular Hbond substituents is 1. The molecule has 1 fully saturated rings. The van der Waals surface area contributed by atoms with Crippen LogP contribution in [0.4, 0.5) is 15.0 Å². The first-order valence-electron chi connectivity index (χ1n) is 10.9. The van der Waals surface area contributed by atoms with Crippen molar-refractivity contribution < 1.29 is 24.2 Å². The van der Waals surface area contributed by atoms with Crippen molar-refractivity contribution in [1.29, 1.82) is 0 Å². The van der Waals surface area contributed by atoms with E-state index in [1.807, 2.05) is 6.07 Å². The van der Waals surface area contributed by atoms with Crippen molar-refractivity contribution in [3.8, 4) is 5.75 Å². The van der Waals surface area contributed by atoms with Crippen molar-refractivity contribution in [2.24, 2.45) is 0 Å². The number of nitrogens with zero attached hydrogens (tertiary/aromatic N) is 3. The highest BCUT2D eigenvalue weighted by Gasteiger charge is 2.35. The van der Waals surface area contributed by atoms with Gasteiger partial charge in [-0.15, -0.1) is 0 Å². The van der Waals surface area contributed by atoms with Gasteiger partial charge in [-0.3, -0.25) is 4.79 Å². The maximum Gasteiger partial charge on any atom is 0.320 e. The number of hydrogen-bond donors (Lipinski definition) is 3. The Morgan fingerprint density at radius 3 is 2.88 bits per heavy atom. The summed E-state index contributed by atoms with van der Waals surface area (Å²) in [5, 5.41) is 22.1. The van der Waals surface area contributed by atoms with Crippen molar-refractivity contribution >= 4 is 17.8 Å². The number of amides is 2. The van der Waals surface area contributed by atoms with Crippen molar-refractivity contribution in [3.63, 3.8) is 0 Å². The van der Waals surface area contributed by atoms with Gasteiger partial charge in [-0.2, -0.15) is 0 Å². The molecule has 2 aromatic rings. The van der Waals surface area contributed by atoms with E-state index >= 15 is 0 Å². The first kappa shape index (κ1) is 21.9. The van der Waals surface area contributed by atoms with Gasteiger partial charge in [0.15, 0.2) is 11.6 Å². The molecule has 0 spiro atoms. The van der Waals surface area contributed by atoms with Crippen molar-refractivity contribution in [2.45, 2.75) is 38.1 Å². The maximum atomic E-state index is 13.8. The van der Waals surface area contributed by atoms with Gasteiger partial charge in [0.1, 0.15) is 5.82 Å². The van der Waals surface area contributed by atoms with Crippen LogP contribution in [0.25, 0.3) is 0 Å². The van der Waals surface area contributed by atoms with E-state index in [1.54, 1.807) is 4.90 Å². The molecule has 1 saturated heterocycles. The summed E-state index contributed by atoms with van der Waals surface area (Å²) in [5.74, 6) is -1.48. The Morgan fingerprint density at radius 2 is 2.09 bits per heavy atom. The fourth-order valence-corrected chi connectivity index (χ4v) is 4.36. The second kappa shape index (κ2) is 9.42. The molecule has 4 rings (SSSR count). The van der Waals surface area contributed by atoms with Crippen LogP contribution in [0.3, 0.4) is 0 Å². The number of hydrogen-bond acceptors (Lipinski definition) is 5. The molecule has 8 nitrogen and oxygen atoms in total. The SMILES string of the molecule is O=C(O)C[C@H](c1ccc(O)c(F)c1)N1CCN(CCCc2ccc3c(n2)NCCC3)C1=O. The number of carboxylic acid groups (broad SMARTS) is 1. The molecule has 0 saturated carbocycles. The first-order chi connectivity index (χ1) is 15.4. The summed E-state index contributed by atoms with van der Waals surface area (Å²) in [5.41, 5.74) is 2.56. The first-order valence-corrected chi connectivity index (χ1v) is 10.9. The molecular weight excluding hydrogens is 415 g/mol. The third kappa shape index (κ3) is 4.76. The van der Waals surface area contributed by atoms with Crippen LogP contribution in [-0.2, 0) is 17.6 Å². The molecule has 0 aliphatic carbocycles. The Hall–Kier alpha value is -3.36. The molecule has 1 atom stereocenters. The van der Waals surface area contributed by atoms with Gasteiger partial charge >= 0.3 is 12.0 Å². The number of carbonyl (C=O) groups is 2. The number of halogens is 1. The number of urea groups is 1. The van der Waals surface area contributed by atoms with Crippen LogP contribution in [-0.4, -0.2) is 63.2 Å². The van der Waals surface area contributed by atoms with Crippen LogP contribution in [0.2, 0.25) is 0 Å². The third-order valence-corrected chi connectivity index (χ3v) is 6.04. The average Bonchev–Trinajstić information content (AvgIpc) is 3.14. The van der Waals surface area contributed by atoms with Crippen molar-refractivity contribution in [3.05, 3.63) is 53.0 Å². The van der Waals surface area contributed by atoms with E-state index < -0.39 is 23.6 Å². The van der Waals surface area contributed by atoms with Gasteiger partial charge in [0.2, 0.25) is 0 Å². The summed E-state index contributed by atoms with van der Waals surface area (Å²) in [6, 6.07) is 6.81. The van der Waals surface area contributed by atoms with Crippen molar-refractivity contribution in [1.82, 2.24) is 14.8 Å². The van der Waals surface area contributed by atoms with Gasteiger partial charge < -0.3 is 25.3 Å². The quantitative estimate of drug-likeness (QED) is 0.580. The number of carbonyl (C=O) groups excluding carboxylic acids is 1. The molecule has 9 heteroatoms. The number of aliphatic carboxylic acids is 1. The Bertz CT molecular complexity index is 1020. The third-order valence-electron chi connectivity index (χ3n) is 6.04. The van der Waals surface area contributed by atoms with Gasteiger partial charge in [0.05, 0.1) is 12.5 Å². The summed E-state index contributed by atoms with van der Waals surface area (Å²) in [6.07, 6.45) is 3.29. The largest absolute Gasteiger partial charge is 0.505 e. The van der Waals surface area contributed by atoms with Crippen LogP contribution in [0.5, 0.6) is 5.75 Å². The normalized spacial score (nSPS) is 16.6. The monoisotopic (exact) mass is 442 g/mol. The summed E-state index contributed by atoms with van der Waals surface area (Å²) < 4.78 is 13.8. The minimum absolute atomic E-state index is 0.259. The number of nitrogens with one attached hydrogen (secondary N) is 1. The van der Waals surface area contributed by atoms with Gasteiger partial charge in [-0.1, -0.05) is 12.1 Å². The number of carboxylic acids is 1. The standard InChI is InChI=1S/C23H27FN4O4/c24-18-13-16(6-8-20(18)29)19(14-21(30)31)28-12-11-27(23(28)32)10-2-4-17-7-5-15-3-1-9-25-22(15)26-17/h5-8,13,19,29H,1-4,9-12,14H2,(H,25,26)(H,30,31)/t19-/m1/s1. The molecule has 2 aliphatic heterocycles. The minimum Gasteiger partial charge on any atom is -0.505 e. The van der Waals surface area contributed by atoms with Gasteiger partial charge in [-0.05, 0) is 55.0 Å². The van der Waals surface area contributed by atoms with Gasteiger partial charge in [-0.25, -0.2) is 14.2 Å². The molecule has 2 aliphatic rings. The molecule has 0 unspecified atom stereocenters. The van der Waals surface area contributed by atoms with Crippen LogP contribution in [0.15, 0.2) is 30.3 Å². The fourth-order valence-electron chi connectivity index (χ4n) is 4.36. The fraction of sp³-hybridized carbons (Fsp3) is 0.435. The molecule has 0 radical (unpaired) electrons. The number of anilines is 1. The van der Waals surface area contributed by atoms with Gasteiger partial charge in [0, 0.05) is 31.9 Å². The number of pyridine rings is 1. The van der Waals surface area contributed by atoms with E-state index in [1.165, 1.54) is 22.6 Å². The Balaban J connectivity index is 1.38. The molecule has 170 valence electrons. The Kier molecular flexibility index (Phi) is 6.43. The highest BCUT2D eigenvalue weighted by molar-refractivity contribution is 5.78. The second-order valence-electron chi connectivity index (χ2n) is 8.23. The maximum absolute atomic E-state index is 13.8. The second-order valence-corrected chi connectivity index (χ2v) is 8.23. The lowest BCUT2D eigenvalue weighted by atomic mass is 10.0. The predicted molar refractivity (Wildman–Crippen MR) is 116 cm³/mol. The minimum atomic E-state index is -1.08. The van der Waals surface area contributed by atoms with Crippen LogP contribution >= 0.6 is 0 Å². The lowest BCUT2D eigenvalue weighted by Gasteiger charge is -2.27. The molecule has 3 N–H and O–H groups in total. The van der Waals surface area contributed by atoms with E-state index in [-0.39, 0.29) is 12.5 Å². The topological polar surface area (TPSA) is 106 Å². The summed E-state index contributed by atoms with van der Waals surface area (Å²) in [4.78, 5) is 32.2. The summed E-state index contributed by atoms with van der Waals surface area (Å²) >= 11 is 0. The summed E-state index contributed by atoms with van der Waals surface area (Å²) in [7, 11) is 0. The van der Waals surface area contributed by atoms with Crippen LogP contribution in [0, 0.1) is 5.82 Å². The highest BCUT2D eigenvalue weighted by Crippen LogP contribution is 2.31. The zero-order chi connectivity index (χ0) is 22.7. The molecule has 1 aromatic carbocycles. The molecule has 32 heavy (non-hydrogen) atoms. The molecule has 2 amide bonds. The van der Waals surface area contributed by atoms with Crippen LogP contribution < -0.4 is 5.32 Å². The van der Waals surface area contributed by atoms with Crippen molar-refractivity contribution in [2.75, 3.05) is 31.5 Å². The molecule has 3 heterocycles. The highest BCUT2D eigenvalue weighted by atomic mass is 19.1. The number of benzene rings is 1.